The first-order valence-corrected chi connectivity index (χ1v) is 13.5. The van der Waals surface area contributed by atoms with E-state index in [1.165, 1.54) is 12.1 Å². The van der Waals surface area contributed by atoms with Gasteiger partial charge in [0.15, 0.2) is 11.5 Å². The number of aliphatic imine (C=N–C) groups is 1. The lowest BCUT2D eigenvalue weighted by atomic mass is 10.1. The highest BCUT2D eigenvalue weighted by molar-refractivity contribution is 8.18. The van der Waals surface area contributed by atoms with E-state index < -0.39 is 11.9 Å². The Bertz CT molecular complexity index is 1520. The van der Waals surface area contributed by atoms with Crippen LogP contribution in [-0.4, -0.2) is 35.2 Å². The van der Waals surface area contributed by atoms with Gasteiger partial charge < -0.3 is 19.3 Å². The summed E-state index contributed by atoms with van der Waals surface area (Å²) in [4.78, 5) is 29.8. The fraction of sp³-hybridized carbons (Fsp3) is 0.167. The Labute approximate surface area is 239 Å². The maximum Gasteiger partial charge on any atom is 0.344 e. The van der Waals surface area contributed by atoms with Gasteiger partial charge in [0.25, 0.3) is 5.91 Å². The van der Waals surface area contributed by atoms with Crippen LogP contribution in [0.5, 0.6) is 11.5 Å². The van der Waals surface area contributed by atoms with Crippen LogP contribution < -0.4 is 9.47 Å². The molecule has 0 atom stereocenters. The zero-order valence-corrected chi connectivity index (χ0v) is 23.2. The van der Waals surface area contributed by atoms with Gasteiger partial charge in [-0.1, -0.05) is 53.7 Å². The Morgan fingerprint density at radius 1 is 1.02 bits per heavy atom. The van der Waals surface area contributed by atoms with E-state index in [1.807, 2.05) is 0 Å². The average Bonchev–Trinajstić information content (AvgIpc) is 3.23. The molecule has 0 unspecified atom stereocenters. The zero-order valence-electron chi connectivity index (χ0n) is 21.6. The van der Waals surface area contributed by atoms with E-state index in [-0.39, 0.29) is 51.1 Å². The van der Waals surface area contributed by atoms with Crippen LogP contribution in [0.2, 0.25) is 5.02 Å². The Balaban J connectivity index is 1.67. The molecular formula is C30H25ClFNO6S. The highest BCUT2D eigenvalue weighted by Crippen LogP contribution is 2.42. The van der Waals surface area contributed by atoms with Crippen molar-refractivity contribution in [3.8, 4) is 11.5 Å². The molecule has 206 valence electrons. The number of rotatable bonds is 9. The molecule has 7 nitrogen and oxygen atoms in total. The molecule has 0 saturated carbocycles. The SMILES string of the molecule is CCOC(=O)C1=C(O)/C(=C/c2cc(Cl)c(OCc3cccc(F)c3)c(OCC)c2)SC1=NC(=O)c1ccccc1. The normalized spacial score (nSPS) is 15.0. The molecule has 0 spiro atoms. The summed E-state index contributed by atoms with van der Waals surface area (Å²) in [5, 5.41) is 11.2. The molecule has 0 aliphatic carbocycles. The lowest BCUT2D eigenvalue weighted by molar-refractivity contribution is -0.138. The second kappa shape index (κ2) is 13.3. The Morgan fingerprint density at radius 2 is 1.80 bits per heavy atom. The van der Waals surface area contributed by atoms with Gasteiger partial charge in [0.2, 0.25) is 0 Å². The van der Waals surface area contributed by atoms with Crippen LogP contribution in [0, 0.1) is 5.82 Å². The monoisotopic (exact) mass is 581 g/mol. The van der Waals surface area contributed by atoms with Crippen molar-refractivity contribution >= 4 is 46.4 Å². The number of ether oxygens (including phenoxy) is 3. The van der Waals surface area contributed by atoms with E-state index in [9.17, 15) is 19.1 Å². The standard InChI is InChI=1S/C30H25ClFNO6S/c1-3-37-23-15-19(14-22(31)27(23)39-17-18-9-8-12-21(32)13-18)16-24-26(34)25(30(36)38-4-2)29(40-24)33-28(35)20-10-6-5-7-11-20/h5-16,34H,3-4,17H2,1-2H3/b24-16-,33-29?. The summed E-state index contributed by atoms with van der Waals surface area (Å²) in [6, 6.07) is 17.6. The third kappa shape index (κ3) is 6.91. The van der Waals surface area contributed by atoms with Crippen molar-refractivity contribution in [3.63, 3.8) is 0 Å². The molecule has 0 fully saturated rings. The molecule has 1 aliphatic rings. The van der Waals surface area contributed by atoms with Crippen LogP contribution in [0.25, 0.3) is 6.08 Å². The summed E-state index contributed by atoms with van der Waals surface area (Å²) < 4.78 is 30.3. The number of hydrogen-bond acceptors (Lipinski definition) is 7. The summed E-state index contributed by atoms with van der Waals surface area (Å²) >= 11 is 7.49. The smallest absolute Gasteiger partial charge is 0.344 e. The first kappa shape index (κ1) is 28.9. The minimum atomic E-state index is -0.801. The maximum absolute atomic E-state index is 13.6. The summed E-state index contributed by atoms with van der Waals surface area (Å²) in [6.45, 7) is 3.89. The number of hydrogen-bond donors (Lipinski definition) is 1. The van der Waals surface area contributed by atoms with Gasteiger partial charge in [-0.2, -0.15) is 0 Å². The third-order valence-electron chi connectivity index (χ3n) is 5.50. The number of carbonyl (C=O) groups is 2. The summed E-state index contributed by atoms with van der Waals surface area (Å²) in [5.74, 6) is -1.51. The maximum atomic E-state index is 13.6. The molecule has 1 aliphatic heterocycles. The quantitative estimate of drug-likeness (QED) is 0.268. The molecule has 4 rings (SSSR count). The number of esters is 1. The van der Waals surface area contributed by atoms with E-state index in [0.717, 1.165) is 11.8 Å². The molecule has 3 aromatic carbocycles. The number of carbonyl (C=O) groups excluding carboxylic acids is 2. The highest BCUT2D eigenvalue weighted by Gasteiger charge is 2.34. The molecular weight excluding hydrogens is 557 g/mol. The molecule has 0 saturated heterocycles. The van der Waals surface area contributed by atoms with E-state index in [4.69, 9.17) is 25.8 Å². The number of benzene rings is 3. The predicted molar refractivity (Wildman–Crippen MR) is 153 cm³/mol. The lowest BCUT2D eigenvalue weighted by Gasteiger charge is -2.15. The Morgan fingerprint density at radius 3 is 2.50 bits per heavy atom. The van der Waals surface area contributed by atoms with E-state index >= 15 is 0 Å². The van der Waals surface area contributed by atoms with Crippen molar-refractivity contribution in [2.24, 2.45) is 4.99 Å². The molecule has 0 aromatic heterocycles. The van der Waals surface area contributed by atoms with Crippen molar-refractivity contribution in [3.05, 3.63) is 110 Å². The molecule has 10 heteroatoms. The van der Waals surface area contributed by atoms with Crippen LogP contribution in [0.15, 0.2) is 88.0 Å². The van der Waals surface area contributed by atoms with Crippen LogP contribution in [0.3, 0.4) is 0 Å². The number of aliphatic hydroxyl groups excluding tert-OH is 1. The fourth-order valence-corrected chi connectivity index (χ4v) is 5.02. The molecule has 1 amide bonds. The first-order valence-electron chi connectivity index (χ1n) is 12.3. The van der Waals surface area contributed by atoms with Crippen molar-refractivity contribution in [2.75, 3.05) is 13.2 Å². The van der Waals surface area contributed by atoms with Gasteiger partial charge in [-0.05, 0) is 67.4 Å². The number of amides is 1. The van der Waals surface area contributed by atoms with Crippen LogP contribution >= 0.6 is 23.4 Å². The molecule has 0 bridgehead atoms. The highest BCUT2D eigenvalue weighted by atomic mass is 35.5. The minimum Gasteiger partial charge on any atom is -0.506 e. The van der Waals surface area contributed by atoms with E-state index in [2.05, 4.69) is 4.99 Å². The lowest BCUT2D eigenvalue weighted by Crippen LogP contribution is -2.14. The second-order valence-electron chi connectivity index (χ2n) is 8.32. The summed E-state index contributed by atoms with van der Waals surface area (Å²) in [6.07, 6.45) is 1.58. The topological polar surface area (TPSA) is 94.4 Å². The number of aliphatic hydroxyl groups is 1. The third-order valence-corrected chi connectivity index (χ3v) is 6.80. The number of halogens is 2. The van der Waals surface area contributed by atoms with Gasteiger partial charge in [0.05, 0.1) is 23.1 Å². The summed E-state index contributed by atoms with van der Waals surface area (Å²) in [7, 11) is 0. The predicted octanol–water partition coefficient (Wildman–Crippen LogP) is 7.16. The van der Waals surface area contributed by atoms with Gasteiger partial charge in [0, 0.05) is 5.56 Å². The van der Waals surface area contributed by atoms with Gasteiger partial charge in [-0.3, -0.25) is 4.79 Å². The first-order chi connectivity index (χ1) is 19.3. The van der Waals surface area contributed by atoms with E-state index in [1.54, 1.807) is 74.5 Å². The van der Waals surface area contributed by atoms with Gasteiger partial charge >= 0.3 is 5.97 Å². The second-order valence-corrected chi connectivity index (χ2v) is 9.76. The van der Waals surface area contributed by atoms with Gasteiger partial charge in [0.1, 0.15) is 28.8 Å². The molecule has 40 heavy (non-hydrogen) atoms. The number of nitrogens with zero attached hydrogens (tertiary/aromatic N) is 1. The molecule has 1 N–H and O–H groups in total. The average molecular weight is 582 g/mol. The van der Waals surface area contributed by atoms with Gasteiger partial charge in [-0.15, -0.1) is 0 Å². The van der Waals surface area contributed by atoms with Crippen LogP contribution in [-0.2, 0) is 16.1 Å². The van der Waals surface area contributed by atoms with Crippen molar-refractivity contribution in [1.82, 2.24) is 0 Å². The zero-order chi connectivity index (χ0) is 28.6. The minimum absolute atomic E-state index is 0.0160. The van der Waals surface area contributed by atoms with Crippen LogP contribution in [0.4, 0.5) is 4.39 Å². The largest absolute Gasteiger partial charge is 0.506 e. The van der Waals surface area contributed by atoms with Crippen molar-refractivity contribution in [2.45, 2.75) is 20.5 Å². The molecule has 0 radical (unpaired) electrons. The number of thioether (sulfide) groups is 1. The Hall–Kier alpha value is -4.08. The fourth-order valence-electron chi connectivity index (χ4n) is 3.74. The van der Waals surface area contributed by atoms with Gasteiger partial charge in [-0.25, -0.2) is 14.2 Å². The molecule has 1 heterocycles. The summed E-state index contributed by atoms with van der Waals surface area (Å²) in [5.41, 5.74) is 1.27. The van der Waals surface area contributed by atoms with Crippen molar-refractivity contribution in [1.29, 1.82) is 0 Å². The Kier molecular flexibility index (Phi) is 9.63. The van der Waals surface area contributed by atoms with E-state index in [0.29, 0.717) is 29.0 Å². The molecule has 3 aromatic rings. The van der Waals surface area contributed by atoms with Crippen molar-refractivity contribution < 1.29 is 33.3 Å². The van der Waals surface area contributed by atoms with Crippen LogP contribution in [0.1, 0.15) is 35.3 Å².